The standard InChI is InChI=1S/C47H50FN5O6/c1-4-37(31-7-13-35(54)14-8-31)44(33-9-15-36(55)16-10-33)32-5-11-34(12-6-32)50-21-19-30(20-22-50)27-52-28(2)25-51(26-29(52)3)42-24-39-38(23-40(42)48)46(58)53(47(39)59)41-17-18-43(56)49-45(41)57/h5-16,23-24,28-30,41,54-55H,4,17-22,25-27H2,1-3H3,(H,49,56,57). The second-order valence-corrected chi connectivity index (χ2v) is 16.4. The van der Waals surface area contributed by atoms with Crippen molar-refractivity contribution in [2.24, 2.45) is 5.92 Å². The smallest absolute Gasteiger partial charge is 0.262 e. The number of benzene rings is 4. The number of carbonyl (C=O) groups is 4. The molecule has 4 aliphatic rings. The number of anilines is 2. The summed E-state index contributed by atoms with van der Waals surface area (Å²) in [5.74, 6) is -2.15. The van der Waals surface area contributed by atoms with E-state index >= 15 is 4.39 Å². The van der Waals surface area contributed by atoms with Crippen LogP contribution in [0.5, 0.6) is 11.5 Å². The highest BCUT2D eigenvalue weighted by atomic mass is 19.1. The molecule has 3 fully saturated rings. The molecule has 0 aliphatic carbocycles. The van der Waals surface area contributed by atoms with Crippen molar-refractivity contribution in [1.82, 2.24) is 15.1 Å². The topological polar surface area (TPSA) is 134 Å². The van der Waals surface area contributed by atoms with E-state index in [4.69, 9.17) is 0 Å². The van der Waals surface area contributed by atoms with Crippen LogP contribution in [0.4, 0.5) is 15.8 Å². The molecule has 4 aliphatic heterocycles. The molecule has 3 atom stereocenters. The van der Waals surface area contributed by atoms with Crippen molar-refractivity contribution >= 4 is 46.1 Å². The third kappa shape index (κ3) is 7.81. The Hall–Kier alpha value is -6.01. The molecule has 4 aromatic rings. The van der Waals surface area contributed by atoms with Crippen LogP contribution >= 0.6 is 0 Å². The van der Waals surface area contributed by atoms with Crippen LogP contribution in [-0.4, -0.2) is 94.5 Å². The number of hydrogen-bond donors (Lipinski definition) is 3. The lowest BCUT2D eigenvalue weighted by molar-refractivity contribution is -0.136. The van der Waals surface area contributed by atoms with Gasteiger partial charge in [0.25, 0.3) is 11.8 Å². The zero-order valence-electron chi connectivity index (χ0n) is 33.7. The first-order valence-corrected chi connectivity index (χ1v) is 20.6. The maximum Gasteiger partial charge on any atom is 0.262 e. The van der Waals surface area contributed by atoms with Crippen molar-refractivity contribution < 1.29 is 33.8 Å². The molecule has 0 aromatic heterocycles. The van der Waals surface area contributed by atoms with Gasteiger partial charge in [-0.05, 0) is 122 Å². The predicted octanol–water partition coefficient (Wildman–Crippen LogP) is 6.82. The summed E-state index contributed by atoms with van der Waals surface area (Å²) in [6.45, 7) is 10.3. The number of nitrogens with one attached hydrogen (secondary N) is 1. The molecule has 8 rings (SSSR count). The fourth-order valence-corrected chi connectivity index (χ4v) is 9.48. The summed E-state index contributed by atoms with van der Waals surface area (Å²) in [5.41, 5.74) is 6.82. The monoisotopic (exact) mass is 799 g/mol. The van der Waals surface area contributed by atoms with Crippen LogP contribution in [0.15, 0.2) is 84.9 Å². The first kappa shape index (κ1) is 39.8. The van der Waals surface area contributed by atoms with E-state index in [1.807, 2.05) is 29.2 Å². The Morgan fingerprint density at radius 1 is 0.729 bits per heavy atom. The molecule has 0 spiro atoms. The summed E-state index contributed by atoms with van der Waals surface area (Å²) in [6, 6.07) is 25.0. The highest BCUT2D eigenvalue weighted by Gasteiger charge is 2.45. The normalized spacial score (nSPS) is 22.1. The van der Waals surface area contributed by atoms with E-state index in [2.05, 4.69) is 60.2 Å². The molecule has 4 aromatic carbocycles. The van der Waals surface area contributed by atoms with Crippen LogP contribution in [0.1, 0.15) is 90.3 Å². The molecular weight excluding hydrogens is 750 g/mol. The lowest BCUT2D eigenvalue weighted by Gasteiger charge is -2.47. The molecule has 0 radical (unpaired) electrons. The maximum absolute atomic E-state index is 15.7. The number of piperidine rings is 2. The summed E-state index contributed by atoms with van der Waals surface area (Å²) in [5, 5.41) is 22.2. The SMILES string of the molecule is CCC(=C(c1ccc(O)cc1)c1ccc(N2CCC(CN3C(C)CN(c4cc5c(cc4F)C(=O)N(C4CCC(=O)NC4=O)C5=O)CC3C)CC2)cc1)c1ccc(O)cc1. The molecular formula is C47H50FN5O6. The average Bonchev–Trinajstić information content (AvgIpc) is 3.46. The predicted molar refractivity (Wildman–Crippen MR) is 225 cm³/mol. The van der Waals surface area contributed by atoms with E-state index < -0.39 is 35.5 Å². The largest absolute Gasteiger partial charge is 0.508 e. The van der Waals surface area contributed by atoms with Crippen LogP contribution in [0.2, 0.25) is 0 Å². The number of piperazine rings is 1. The number of carbonyl (C=O) groups excluding carboxylic acids is 4. The summed E-state index contributed by atoms with van der Waals surface area (Å²) in [7, 11) is 0. The van der Waals surface area contributed by atoms with Crippen molar-refractivity contribution in [3.05, 3.63) is 119 Å². The number of amides is 4. The molecule has 4 heterocycles. The van der Waals surface area contributed by atoms with E-state index in [1.165, 1.54) is 11.8 Å². The minimum Gasteiger partial charge on any atom is -0.508 e. The van der Waals surface area contributed by atoms with Gasteiger partial charge in [0.2, 0.25) is 11.8 Å². The second-order valence-electron chi connectivity index (χ2n) is 16.4. The van der Waals surface area contributed by atoms with E-state index in [9.17, 15) is 29.4 Å². The molecule has 306 valence electrons. The Kier molecular flexibility index (Phi) is 11.0. The van der Waals surface area contributed by atoms with Gasteiger partial charge in [-0.25, -0.2) is 4.39 Å². The first-order chi connectivity index (χ1) is 28.4. The third-order valence-electron chi connectivity index (χ3n) is 12.6. The highest BCUT2D eigenvalue weighted by molar-refractivity contribution is 6.23. The molecule has 3 unspecified atom stereocenters. The Morgan fingerprint density at radius 2 is 1.27 bits per heavy atom. The van der Waals surface area contributed by atoms with Crippen molar-refractivity contribution in [3.63, 3.8) is 0 Å². The van der Waals surface area contributed by atoms with E-state index in [-0.39, 0.29) is 53.2 Å². The van der Waals surface area contributed by atoms with Crippen LogP contribution < -0.4 is 15.1 Å². The highest BCUT2D eigenvalue weighted by Crippen LogP contribution is 2.38. The number of hydrogen-bond acceptors (Lipinski definition) is 9. The van der Waals surface area contributed by atoms with E-state index in [1.54, 1.807) is 24.3 Å². The van der Waals surface area contributed by atoms with Gasteiger partial charge in [0, 0.05) is 56.9 Å². The number of halogens is 1. The Bertz CT molecular complexity index is 2290. The molecule has 0 saturated carbocycles. The number of allylic oxidation sites excluding steroid dienone is 1. The summed E-state index contributed by atoms with van der Waals surface area (Å²) >= 11 is 0. The quantitative estimate of drug-likeness (QED) is 0.123. The molecule has 12 heteroatoms. The second kappa shape index (κ2) is 16.3. The van der Waals surface area contributed by atoms with Gasteiger partial charge < -0.3 is 20.0 Å². The number of phenols is 2. The number of rotatable bonds is 9. The van der Waals surface area contributed by atoms with Crippen LogP contribution in [0.25, 0.3) is 11.1 Å². The number of nitrogens with zero attached hydrogens (tertiary/aromatic N) is 4. The van der Waals surface area contributed by atoms with Gasteiger partial charge in [-0.3, -0.25) is 34.3 Å². The molecule has 4 amide bonds. The molecule has 0 bridgehead atoms. The van der Waals surface area contributed by atoms with Crippen LogP contribution in [-0.2, 0) is 9.59 Å². The Balaban J connectivity index is 0.907. The zero-order chi connectivity index (χ0) is 41.5. The van der Waals surface area contributed by atoms with Crippen molar-refractivity contribution in [2.75, 3.05) is 42.5 Å². The van der Waals surface area contributed by atoms with Crippen molar-refractivity contribution in [1.29, 1.82) is 0 Å². The Labute approximate surface area is 343 Å². The molecule has 3 saturated heterocycles. The summed E-state index contributed by atoms with van der Waals surface area (Å²) in [4.78, 5) is 58.7. The van der Waals surface area contributed by atoms with Crippen LogP contribution in [0.3, 0.4) is 0 Å². The number of imide groups is 2. The minimum absolute atomic E-state index is 0.0172. The number of phenolic OH excluding ortho intramolecular Hbond substituents is 2. The molecule has 11 nitrogen and oxygen atoms in total. The number of aromatic hydroxyl groups is 2. The minimum atomic E-state index is -1.10. The summed E-state index contributed by atoms with van der Waals surface area (Å²) in [6.07, 6.45) is 2.92. The first-order valence-electron chi connectivity index (χ1n) is 20.6. The molecule has 3 N–H and O–H groups in total. The average molecular weight is 800 g/mol. The third-order valence-corrected chi connectivity index (χ3v) is 12.6. The van der Waals surface area contributed by atoms with E-state index in [0.29, 0.717) is 19.0 Å². The van der Waals surface area contributed by atoms with Crippen LogP contribution in [0, 0.1) is 11.7 Å². The number of fused-ring (bicyclic) bond motifs is 1. The molecule has 59 heavy (non-hydrogen) atoms. The summed E-state index contributed by atoms with van der Waals surface area (Å²) < 4.78 is 15.7. The van der Waals surface area contributed by atoms with Gasteiger partial charge in [0.15, 0.2) is 0 Å². The van der Waals surface area contributed by atoms with Gasteiger partial charge in [0.05, 0.1) is 16.8 Å². The van der Waals surface area contributed by atoms with Gasteiger partial charge in [-0.1, -0.05) is 43.3 Å². The van der Waals surface area contributed by atoms with Gasteiger partial charge in [0.1, 0.15) is 23.4 Å². The lowest BCUT2D eigenvalue weighted by Crippen LogP contribution is -2.58. The van der Waals surface area contributed by atoms with Gasteiger partial charge >= 0.3 is 0 Å². The van der Waals surface area contributed by atoms with Crippen molar-refractivity contribution in [2.45, 2.75) is 71.0 Å². The van der Waals surface area contributed by atoms with Crippen molar-refractivity contribution in [3.8, 4) is 11.5 Å². The van der Waals surface area contributed by atoms with E-state index in [0.717, 1.165) is 77.7 Å². The zero-order valence-corrected chi connectivity index (χ0v) is 33.7. The maximum atomic E-state index is 15.7. The van der Waals surface area contributed by atoms with Gasteiger partial charge in [-0.2, -0.15) is 0 Å². The fourth-order valence-electron chi connectivity index (χ4n) is 9.48. The lowest BCUT2D eigenvalue weighted by atomic mass is 9.88. The van der Waals surface area contributed by atoms with Gasteiger partial charge in [-0.15, -0.1) is 0 Å². The fraction of sp³-hybridized carbons (Fsp3) is 0.362. The Morgan fingerprint density at radius 3 is 1.83 bits per heavy atom.